The van der Waals surface area contributed by atoms with Crippen molar-refractivity contribution in [1.82, 2.24) is 15.5 Å². The molecule has 2 aliphatic heterocycles. The summed E-state index contributed by atoms with van der Waals surface area (Å²) in [5.74, 6) is -2.43. The van der Waals surface area contributed by atoms with Crippen LogP contribution >= 0.6 is 0 Å². The van der Waals surface area contributed by atoms with Gasteiger partial charge in [0.05, 0.1) is 6.54 Å². The SMILES string of the molecule is CCC1(CCN(C)C(=O)OC(C)(C)C)CCNCC1.FC1(F)CCCNC1. The highest BCUT2D eigenvalue weighted by molar-refractivity contribution is 5.67. The minimum atomic E-state index is -2.43. The van der Waals surface area contributed by atoms with E-state index in [1.165, 1.54) is 19.3 Å². The number of rotatable bonds is 4. The van der Waals surface area contributed by atoms with Gasteiger partial charge in [-0.3, -0.25) is 0 Å². The Bertz CT molecular complexity index is 439. The van der Waals surface area contributed by atoms with Gasteiger partial charge in [-0.25, -0.2) is 13.6 Å². The van der Waals surface area contributed by atoms with Gasteiger partial charge in [0.15, 0.2) is 0 Å². The van der Waals surface area contributed by atoms with E-state index in [0.29, 0.717) is 11.8 Å². The molecule has 2 aliphatic rings. The van der Waals surface area contributed by atoms with Crippen LogP contribution in [-0.4, -0.2) is 62.3 Å². The first kappa shape index (κ1) is 24.1. The molecule has 0 aromatic carbocycles. The predicted molar refractivity (Wildman–Crippen MR) is 105 cm³/mol. The molecule has 0 aromatic rings. The van der Waals surface area contributed by atoms with Crippen LogP contribution in [0.1, 0.15) is 66.2 Å². The van der Waals surface area contributed by atoms with Gasteiger partial charge in [-0.1, -0.05) is 13.3 Å². The summed E-state index contributed by atoms with van der Waals surface area (Å²) in [6.45, 7) is 11.6. The van der Waals surface area contributed by atoms with Crippen molar-refractivity contribution in [1.29, 1.82) is 0 Å². The maximum Gasteiger partial charge on any atom is 0.410 e. The van der Waals surface area contributed by atoms with E-state index in [0.717, 1.165) is 32.6 Å². The summed E-state index contributed by atoms with van der Waals surface area (Å²) in [5, 5.41) is 6.04. The van der Waals surface area contributed by atoms with E-state index in [2.05, 4.69) is 17.6 Å². The van der Waals surface area contributed by atoms with Crippen LogP contribution in [0.25, 0.3) is 0 Å². The summed E-state index contributed by atoms with van der Waals surface area (Å²) in [5.41, 5.74) is -0.00985. The third kappa shape index (κ3) is 9.70. The molecule has 2 saturated heterocycles. The molecule has 2 rings (SSSR count). The molecule has 0 saturated carbocycles. The number of piperidine rings is 2. The number of hydrogen-bond acceptors (Lipinski definition) is 4. The third-order valence-corrected chi connectivity index (χ3v) is 5.38. The molecule has 0 radical (unpaired) electrons. The van der Waals surface area contributed by atoms with Crippen LogP contribution in [0.3, 0.4) is 0 Å². The molecular weight excluding hydrogens is 352 g/mol. The van der Waals surface area contributed by atoms with Gasteiger partial charge in [-0.15, -0.1) is 0 Å². The first-order valence-electron chi connectivity index (χ1n) is 10.2. The Morgan fingerprint density at radius 1 is 1.11 bits per heavy atom. The van der Waals surface area contributed by atoms with Crippen LogP contribution in [0.4, 0.5) is 13.6 Å². The number of nitrogens with one attached hydrogen (secondary N) is 2. The van der Waals surface area contributed by atoms with Gasteiger partial charge in [0.25, 0.3) is 5.92 Å². The number of nitrogens with zero attached hydrogens (tertiary/aromatic N) is 1. The smallest absolute Gasteiger partial charge is 0.410 e. The van der Waals surface area contributed by atoms with Crippen molar-refractivity contribution in [3.05, 3.63) is 0 Å². The molecule has 0 spiro atoms. The molecule has 7 heteroatoms. The Kier molecular flexibility index (Phi) is 9.42. The summed E-state index contributed by atoms with van der Waals surface area (Å²) in [7, 11) is 1.83. The first-order chi connectivity index (χ1) is 12.5. The van der Waals surface area contributed by atoms with Gasteiger partial charge in [-0.05, 0) is 71.5 Å². The van der Waals surface area contributed by atoms with Crippen LogP contribution in [0.5, 0.6) is 0 Å². The molecule has 5 nitrogen and oxygen atoms in total. The highest BCUT2D eigenvalue weighted by Gasteiger charge is 2.31. The largest absolute Gasteiger partial charge is 0.444 e. The molecule has 0 bridgehead atoms. The van der Waals surface area contributed by atoms with Crippen molar-refractivity contribution in [3.63, 3.8) is 0 Å². The predicted octanol–water partition coefficient (Wildman–Crippen LogP) is 4.03. The van der Waals surface area contributed by atoms with Crippen molar-refractivity contribution in [3.8, 4) is 0 Å². The quantitative estimate of drug-likeness (QED) is 0.760. The molecule has 1 amide bonds. The van der Waals surface area contributed by atoms with Gasteiger partial charge in [0.1, 0.15) is 5.60 Å². The van der Waals surface area contributed by atoms with Crippen LogP contribution < -0.4 is 10.6 Å². The highest BCUT2D eigenvalue weighted by Crippen LogP contribution is 2.36. The zero-order chi connectivity index (χ0) is 20.6. The van der Waals surface area contributed by atoms with E-state index in [1.807, 2.05) is 27.8 Å². The average molecular weight is 392 g/mol. The Balaban J connectivity index is 0.000000377. The van der Waals surface area contributed by atoms with E-state index in [9.17, 15) is 13.6 Å². The molecule has 0 atom stereocenters. The molecule has 2 heterocycles. The lowest BCUT2D eigenvalue weighted by atomic mass is 9.74. The number of hydrogen-bond donors (Lipinski definition) is 2. The van der Waals surface area contributed by atoms with Gasteiger partial charge in [-0.2, -0.15) is 0 Å². The van der Waals surface area contributed by atoms with E-state index in [4.69, 9.17) is 4.74 Å². The van der Waals surface area contributed by atoms with Crippen molar-refractivity contribution < 1.29 is 18.3 Å². The molecule has 0 unspecified atom stereocenters. The van der Waals surface area contributed by atoms with Gasteiger partial charge >= 0.3 is 6.09 Å². The fraction of sp³-hybridized carbons (Fsp3) is 0.950. The monoisotopic (exact) mass is 391 g/mol. The van der Waals surface area contributed by atoms with Crippen molar-refractivity contribution >= 4 is 6.09 Å². The van der Waals surface area contributed by atoms with Crippen LogP contribution in [-0.2, 0) is 4.74 Å². The Morgan fingerprint density at radius 2 is 1.74 bits per heavy atom. The van der Waals surface area contributed by atoms with Crippen molar-refractivity contribution in [2.24, 2.45) is 5.41 Å². The number of alkyl halides is 2. The highest BCUT2D eigenvalue weighted by atomic mass is 19.3. The minimum absolute atomic E-state index is 0.0556. The lowest BCUT2D eigenvalue weighted by Gasteiger charge is -2.38. The van der Waals surface area contributed by atoms with E-state index in [1.54, 1.807) is 4.90 Å². The molecule has 0 aliphatic carbocycles. The van der Waals surface area contributed by atoms with E-state index in [-0.39, 0.29) is 19.1 Å². The summed E-state index contributed by atoms with van der Waals surface area (Å²) in [6.07, 6.45) is 5.13. The zero-order valence-electron chi connectivity index (χ0n) is 17.8. The number of halogens is 2. The first-order valence-corrected chi connectivity index (χ1v) is 10.2. The van der Waals surface area contributed by atoms with E-state index < -0.39 is 11.5 Å². The second-order valence-electron chi connectivity index (χ2n) is 8.89. The lowest BCUT2D eigenvalue weighted by molar-refractivity contribution is -0.0208. The van der Waals surface area contributed by atoms with Crippen LogP contribution in [0, 0.1) is 5.41 Å². The number of amides is 1. The summed E-state index contributed by atoms with van der Waals surface area (Å²) >= 11 is 0. The maximum absolute atomic E-state index is 12.1. The van der Waals surface area contributed by atoms with Gasteiger partial charge < -0.3 is 20.3 Å². The second-order valence-corrected chi connectivity index (χ2v) is 8.89. The Morgan fingerprint density at radius 3 is 2.15 bits per heavy atom. The standard InChI is InChI=1S/C15H30N2O2.C5H9F2N/c1-6-15(7-10-16-11-8-15)9-12-17(5)13(18)19-14(2,3)4;6-5(7)2-1-3-8-4-5/h16H,6-12H2,1-5H3;8H,1-4H2. The van der Waals surface area contributed by atoms with Crippen LogP contribution in [0.15, 0.2) is 0 Å². The molecule has 0 aromatic heterocycles. The van der Waals surface area contributed by atoms with E-state index >= 15 is 0 Å². The number of carbonyl (C=O) groups is 1. The Hall–Kier alpha value is -0.950. The molecular formula is C20H39F2N3O2. The Labute approximate surface area is 163 Å². The number of ether oxygens (including phenoxy) is 1. The lowest BCUT2D eigenvalue weighted by Crippen LogP contribution is -2.40. The van der Waals surface area contributed by atoms with Crippen molar-refractivity contribution in [2.45, 2.75) is 77.7 Å². The summed E-state index contributed by atoms with van der Waals surface area (Å²) < 4.78 is 29.7. The molecule has 2 N–H and O–H groups in total. The number of carbonyl (C=O) groups excluding carboxylic acids is 1. The summed E-state index contributed by atoms with van der Waals surface area (Å²) in [4.78, 5) is 13.6. The average Bonchev–Trinajstić information content (AvgIpc) is 2.59. The van der Waals surface area contributed by atoms with Crippen LogP contribution in [0.2, 0.25) is 0 Å². The second kappa shape index (κ2) is 10.6. The summed E-state index contributed by atoms with van der Waals surface area (Å²) in [6, 6.07) is 0. The molecule has 2 fully saturated rings. The normalized spacial score (nSPS) is 21.6. The topological polar surface area (TPSA) is 53.6 Å². The zero-order valence-corrected chi connectivity index (χ0v) is 17.8. The van der Waals surface area contributed by atoms with Crippen molar-refractivity contribution in [2.75, 3.05) is 39.8 Å². The molecule has 27 heavy (non-hydrogen) atoms. The maximum atomic E-state index is 12.1. The fourth-order valence-electron chi connectivity index (χ4n) is 3.41. The minimum Gasteiger partial charge on any atom is -0.444 e. The van der Waals surface area contributed by atoms with Gasteiger partial charge in [0.2, 0.25) is 0 Å². The van der Waals surface area contributed by atoms with Gasteiger partial charge in [0, 0.05) is 20.0 Å². The molecule has 160 valence electrons. The third-order valence-electron chi connectivity index (χ3n) is 5.38. The fourth-order valence-corrected chi connectivity index (χ4v) is 3.41.